The van der Waals surface area contributed by atoms with Crippen LogP contribution in [0.4, 0.5) is 0 Å². The zero-order valence-electron chi connectivity index (χ0n) is 24.1. The molecule has 1 fully saturated rings. The highest BCUT2D eigenvalue weighted by molar-refractivity contribution is 5.92. The van der Waals surface area contributed by atoms with Gasteiger partial charge in [0.05, 0.1) is 28.9 Å². The number of nitrogens with zero attached hydrogens (tertiary/aromatic N) is 2. The summed E-state index contributed by atoms with van der Waals surface area (Å²) in [5, 5.41) is 9.73. The molecule has 0 spiro atoms. The van der Waals surface area contributed by atoms with E-state index in [0.29, 0.717) is 0 Å². The van der Waals surface area contributed by atoms with Gasteiger partial charge in [-0.05, 0) is 49.4 Å². The maximum atomic E-state index is 13.4. The molecule has 4 aromatic rings. The van der Waals surface area contributed by atoms with Crippen LogP contribution in [-0.2, 0) is 23.7 Å². The van der Waals surface area contributed by atoms with Crippen molar-refractivity contribution in [3.63, 3.8) is 0 Å². The fraction of sp³-hybridized carbons (Fsp3) is 0.206. The lowest BCUT2D eigenvalue weighted by Crippen LogP contribution is -2.41. The van der Waals surface area contributed by atoms with Gasteiger partial charge in [-0.25, -0.2) is 19.2 Å². The quantitative estimate of drug-likeness (QED) is 0.183. The van der Waals surface area contributed by atoms with E-state index in [-0.39, 0.29) is 34.6 Å². The number of ether oxygens (including phenoxy) is 5. The number of rotatable bonds is 10. The molecule has 0 saturated carbocycles. The van der Waals surface area contributed by atoms with Crippen molar-refractivity contribution in [2.24, 2.45) is 0 Å². The van der Waals surface area contributed by atoms with E-state index in [0.717, 1.165) is 0 Å². The van der Waals surface area contributed by atoms with Crippen LogP contribution in [0.5, 0.6) is 0 Å². The van der Waals surface area contributed by atoms with E-state index < -0.39 is 55.0 Å². The van der Waals surface area contributed by atoms with Gasteiger partial charge in [0.2, 0.25) is 0 Å². The smallest absolute Gasteiger partial charge is 0.356 e. The highest BCUT2D eigenvalue weighted by Gasteiger charge is 2.52. The molecule has 1 aliphatic rings. The number of carbonyl (C=O) groups is 4. The van der Waals surface area contributed by atoms with Gasteiger partial charge < -0.3 is 28.3 Å². The van der Waals surface area contributed by atoms with Gasteiger partial charge in [0, 0.05) is 6.20 Å². The number of carbonyl (C=O) groups excluding carboxylic acids is 4. The second-order valence-electron chi connectivity index (χ2n) is 9.82. The van der Waals surface area contributed by atoms with E-state index in [1.165, 1.54) is 16.8 Å². The lowest BCUT2D eigenvalue weighted by Gasteiger charge is -2.25. The molecule has 1 saturated heterocycles. The first-order valence-electron chi connectivity index (χ1n) is 14.1. The van der Waals surface area contributed by atoms with Crippen molar-refractivity contribution in [1.29, 1.82) is 5.26 Å². The molecule has 0 aliphatic carbocycles. The van der Waals surface area contributed by atoms with E-state index in [1.807, 2.05) is 6.07 Å². The fourth-order valence-corrected chi connectivity index (χ4v) is 4.85. The van der Waals surface area contributed by atoms with E-state index in [2.05, 4.69) is 0 Å². The van der Waals surface area contributed by atoms with Gasteiger partial charge in [-0.3, -0.25) is 0 Å². The average molecular weight is 609 g/mol. The van der Waals surface area contributed by atoms with E-state index in [1.54, 1.807) is 97.9 Å². The molecule has 0 N–H and O–H groups in total. The van der Waals surface area contributed by atoms with Gasteiger partial charge >= 0.3 is 23.9 Å². The first-order valence-corrected chi connectivity index (χ1v) is 14.1. The van der Waals surface area contributed by atoms with Gasteiger partial charge in [-0.15, -0.1) is 0 Å². The Morgan fingerprint density at radius 1 is 0.711 bits per heavy atom. The van der Waals surface area contributed by atoms with Crippen molar-refractivity contribution in [3.8, 4) is 6.07 Å². The maximum Gasteiger partial charge on any atom is 0.356 e. The van der Waals surface area contributed by atoms with Crippen LogP contribution in [0.15, 0.2) is 103 Å². The van der Waals surface area contributed by atoms with Crippen LogP contribution in [0.3, 0.4) is 0 Å². The van der Waals surface area contributed by atoms with Crippen LogP contribution in [0.1, 0.15) is 60.3 Å². The topological polar surface area (TPSA) is 143 Å². The minimum atomic E-state index is -1.36. The van der Waals surface area contributed by atoms with Crippen LogP contribution in [0.25, 0.3) is 0 Å². The third-order valence-corrected chi connectivity index (χ3v) is 6.96. The summed E-state index contributed by atoms with van der Waals surface area (Å²) in [6.07, 6.45) is -3.73. The van der Waals surface area contributed by atoms with E-state index in [4.69, 9.17) is 23.7 Å². The lowest BCUT2D eigenvalue weighted by molar-refractivity contribution is -0.0629. The molecule has 11 nitrogen and oxygen atoms in total. The predicted octanol–water partition coefficient (Wildman–Crippen LogP) is 4.74. The fourth-order valence-electron chi connectivity index (χ4n) is 4.85. The first-order chi connectivity index (χ1) is 21.9. The monoisotopic (exact) mass is 608 g/mol. The molecule has 0 bridgehead atoms. The second kappa shape index (κ2) is 14.2. The number of hydrogen-bond acceptors (Lipinski definition) is 10. The van der Waals surface area contributed by atoms with Crippen LogP contribution < -0.4 is 0 Å². The zero-order valence-corrected chi connectivity index (χ0v) is 24.1. The molecule has 0 amide bonds. The van der Waals surface area contributed by atoms with Crippen molar-refractivity contribution >= 4 is 23.9 Å². The predicted molar refractivity (Wildman–Crippen MR) is 157 cm³/mol. The minimum absolute atomic E-state index is 0.0121. The molecule has 0 radical (unpaired) electrons. The van der Waals surface area contributed by atoms with Crippen molar-refractivity contribution in [3.05, 3.63) is 131 Å². The molecule has 3 aromatic carbocycles. The Kier molecular flexibility index (Phi) is 9.67. The summed E-state index contributed by atoms with van der Waals surface area (Å²) in [6.45, 7) is 1.24. The molecule has 11 heteroatoms. The number of benzene rings is 3. The van der Waals surface area contributed by atoms with Crippen LogP contribution >= 0.6 is 0 Å². The highest BCUT2D eigenvalue weighted by Crippen LogP contribution is 2.37. The molecule has 4 unspecified atom stereocenters. The SMILES string of the molecule is CCOC(=O)c1c(C#N)ccn1C1OC(COC(=O)c2ccccc2)C(OC(=O)c2ccccc2)C1OC(=O)c1ccccc1. The number of nitriles is 1. The second-order valence-corrected chi connectivity index (χ2v) is 9.82. The van der Waals surface area contributed by atoms with Crippen molar-refractivity contribution in [2.75, 3.05) is 13.2 Å². The third kappa shape index (κ3) is 6.92. The largest absolute Gasteiger partial charge is 0.461 e. The Balaban J connectivity index is 1.54. The molecule has 4 atom stereocenters. The van der Waals surface area contributed by atoms with Gasteiger partial charge in [0.25, 0.3) is 0 Å². The Morgan fingerprint density at radius 3 is 1.73 bits per heavy atom. The average Bonchev–Trinajstić information content (AvgIpc) is 3.66. The maximum absolute atomic E-state index is 13.4. The Labute approximate surface area is 258 Å². The van der Waals surface area contributed by atoms with Gasteiger partial charge in [-0.1, -0.05) is 54.6 Å². The standard InChI is InChI=1S/C34H28N2O9/c1-2-41-34(40)27-25(20-35)18-19-36(27)30-29(45-33(39)24-16-10-5-11-17-24)28(44-32(38)23-14-8-4-9-15-23)26(43-30)21-42-31(37)22-12-6-3-7-13-22/h3-19,26,28-30H,2,21H2,1H3. The minimum Gasteiger partial charge on any atom is -0.461 e. The molecular weight excluding hydrogens is 580 g/mol. The normalized spacial score (nSPS) is 18.8. The summed E-state index contributed by atoms with van der Waals surface area (Å²) in [5.41, 5.74) is 0.543. The summed E-state index contributed by atoms with van der Waals surface area (Å²) in [5.74, 6) is -2.98. The molecule has 45 heavy (non-hydrogen) atoms. The summed E-state index contributed by atoms with van der Waals surface area (Å²) in [4.78, 5) is 52.5. The van der Waals surface area contributed by atoms with Crippen LogP contribution in [0, 0.1) is 11.3 Å². The lowest BCUT2D eigenvalue weighted by atomic mass is 10.1. The number of hydrogen-bond donors (Lipinski definition) is 0. The Hall–Kier alpha value is -5.73. The van der Waals surface area contributed by atoms with Gasteiger partial charge in [0.15, 0.2) is 18.4 Å². The molecule has 1 aromatic heterocycles. The van der Waals surface area contributed by atoms with Crippen molar-refractivity contribution in [1.82, 2.24) is 4.57 Å². The first kappa shape index (κ1) is 30.7. The van der Waals surface area contributed by atoms with Crippen molar-refractivity contribution < 1.29 is 42.9 Å². The zero-order chi connectivity index (χ0) is 31.8. The summed E-state index contributed by atoms with van der Waals surface area (Å²) in [7, 11) is 0. The molecule has 2 heterocycles. The van der Waals surface area contributed by atoms with Gasteiger partial charge in [0.1, 0.15) is 24.5 Å². The van der Waals surface area contributed by atoms with Gasteiger partial charge in [-0.2, -0.15) is 5.26 Å². The summed E-state index contributed by atoms with van der Waals surface area (Å²) in [6, 6.07) is 27.9. The van der Waals surface area contributed by atoms with Crippen molar-refractivity contribution in [2.45, 2.75) is 31.5 Å². The Bertz CT molecular complexity index is 1700. The van der Waals surface area contributed by atoms with Crippen LogP contribution in [0.2, 0.25) is 0 Å². The van der Waals surface area contributed by atoms with Crippen LogP contribution in [-0.4, -0.2) is 60.0 Å². The van der Waals surface area contributed by atoms with E-state index in [9.17, 15) is 24.4 Å². The summed E-state index contributed by atoms with van der Waals surface area (Å²) >= 11 is 0. The molecule has 1 aliphatic heterocycles. The number of aromatic nitrogens is 1. The van der Waals surface area contributed by atoms with E-state index >= 15 is 0 Å². The number of esters is 4. The Morgan fingerprint density at radius 2 is 1.22 bits per heavy atom. The molecule has 5 rings (SSSR count). The molecule has 228 valence electrons. The summed E-state index contributed by atoms with van der Waals surface area (Å²) < 4.78 is 30.1. The third-order valence-electron chi connectivity index (χ3n) is 6.96. The molecular formula is C34H28N2O9. The highest BCUT2D eigenvalue weighted by atomic mass is 16.7.